The lowest BCUT2D eigenvalue weighted by Gasteiger charge is -2.20. The van der Waals surface area contributed by atoms with Gasteiger partial charge in [-0.1, -0.05) is 12.8 Å². The van der Waals surface area contributed by atoms with Gasteiger partial charge < -0.3 is 10.0 Å². The Kier molecular flexibility index (Phi) is 3.36. The number of carbonyl (C=O) groups is 1. The number of aromatic carboxylic acids is 1. The van der Waals surface area contributed by atoms with E-state index >= 15 is 0 Å². The van der Waals surface area contributed by atoms with Crippen molar-refractivity contribution in [3.05, 3.63) is 17.5 Å². The van der Waals surface area contributed by atoms with Crippen LogP contribution in [0, 0.1) is 0 Å². The molecule has 2 aliphatic rings. The second-order valence-corrected chi connectivity index (χ2v) is 5.45. The van der Waals surface area contributed by atoms with Crippen molar-refractivity contribution in [1.29, 1.82) is 0 Å². The first-order valence-electron chi connectivity index (χ1n) is 7.11. The number of hydrogen-bond donors (Lipinski definition) is 1. The fraction of sp³-hybridized carbons (Fsp3) is 0.643. The zero-order valence-electron chi connectivity index (χ0n) is 11.0. The van der Waals surface area contributed by atoms with Crippen LogP contribution in [0.3, 0.4) is 0 Å². The summed E-state index contributed by atoms with van der Waals surface area (Å²) in [5.41, 5.74) is 1.02. The van der Waals surface area contributed by atoms with Crippen molar-refractivity contribution < 1.29 is 9.90 Å². The van der Waals surface area contributed by atoms with Crippen molar-refractivity contribution in [2.45, 2.75) is 44.4 Å². The van der Waals surface area contributed by atoms with Gasteiger partial charge in [0.15, 0.2) is 0 Å². The van der Waals surface area contributed by atoms with Gasteiger partial charge in [-0.3, -0.25) is 0 Å². The van der Waals surface area contributed by atoms with Gasteiger partial charge >= 0.3 is 5.97 Å². The lowest BCUT2D eigenvalue weighted by atomic mass is 10.1. The van der Waals surface area contributed by atoms with E-state index in [1.165, 1.54) is 31.9 Å². The van der Waals surface area contributed by atoms with Crippen molar-refractivity contribution >= 4 is 11.9 Å². The standard InChI is InChI=1S/C14H19N3O2/c18-13(19)11-9-15-14(16-12(11)10-5-6-10)17-7-3-1-2-4-8-17/h9-10H,1-8H2,(H,18,19). The zero-order valence-corrected chi connectivity index (χ0v) is 11.0. The van der Waals surface area contributed by atoms with Gasteiger partial charge in [-0.05, 0) is 25.7 Å². The van der Waals surface area contributed by atoms with Crippen LogP contribution < -0.4 is 4.90 Å². The van der Waals surface area contributed by atoms with Gasteiger partial charge in [0.1, 0.15) is 0 Å². The Morgan fingerprint density at radius 2 is 1.89 bits per heavy atom. The molecule has 0 bridgehead atoms. The van der Waals surface area contributed by atoms with E-state index in [2.05, 4.69) is 14.9 Å². The van der Waals surface area contributed by atoms with E-state index in [0.29, 0.717) is 11.9 Å². The fourth-order valence-electron chi connectivity index (χ4n) is 2.64. The molecule has 102 valence electrons. The normalized spacial score (nSPS) is 20.1. The molecule has 5 heteroatoms. The predicted molar refractivity (Wildman–Crippen MR) is 71.6 cm³/mol. The third kappa shape index (κ3) is 2.69. The molecule has 1 saturated heterocycles. The molecule has 19 heavy (non-hydrogen) atoms. The van der Waals surface area contributed by atoms with Crippen LogP contribution in [0.4, 0.5) is 5.95 Å². The minimum Gasteiger partial charge on any atom is -0.478 e. The van der Waals surface area contributed by atoms with E-state index in [1.807, 2.05) is 0 Å². The molecule has 0 aromatic carbocycles. The molecule has 1 aliphatic carbocycles. The number of hydrogen-bond acceptors (Lipinski definition) is 4. The van der Waals surface area contributed by atoms with Crippen LogP contribution in [-0.4, -0.2) is 34.1 Å². The van der Waals surface area contributed by atoms with Gasteiger partial charge in [-0.15, -0.1) is 0 Å². The second kappa shape index (κ2) is 5.15. The summed E-state index contributed by atoms with van der Waals surface area (Å²) in [7, 11) is 0. The summed E-state index contributed by atoms with van der Waals surface area (Å²) >= 11 is 0. The molecule has 1 aromatic rings. The first-order valence-corrected chi connectivity index (χ1v) is 7.11. The highest BCUT2D eigenvalue weighted by Gasteiger charge is 2.31. The summed E-state index contributed by atoms with van der Waals surface area (Å²) in [5, 5.41) is 9.19. The number of rotatable bonds is 3. The first-order chi connectivity index (χ1) is 9.25. The van der Waals surface area contributed by atoms with E-state index in [1.54, 1.807) is 0 Å². The Hall–Kier alpha value is -1.65. The van der Waals surface area contributed by atoms with E-state index in [4.69, 9.17) is 0 Å². The number of carboxylic acid groups (broad SMARTS) is 1. The van der Waals surface area contributed by atoms with Crippen LogP contribution >= 0.6 is 0 Å². The van der Waals surface area contributed by atoms with Crippen molar-refractivity contribution in [2.75, 3.05) is 18.0 Å². The maximum Gasteiger partial charge on any atom is 0.339 e. The summed E-state index contributed by atoms with van der Waals surface area (Å²) < 4.78 is 0. The largest absolute Gasteiger partial charge is 0.478 e. The summed E-state index contributed by atoms with van der Waals surface area (Å²) in [6.45, 7) is 1.97. The minimum absolute atomic E-state index is 0.279. The number of anilines is 1. The zero-order chi connectivity index (χ0) is 13.2. The highest BCUT2D eigenvalue weighted by molar-refractivity contribution is 5.89. The highest BCUT2D eigenvalue weighted by Crippen LogP contribution is 2.41. The van der Waals surface area contributed by atoms with Crippen molar-refractivity contribution in [2.24, 2.45) is 0 Å². The van der Waals surface area contributed by atoms with Crippen LogP contribution in [0.15, 0.2) is 6.20 Å². The van der Waals surface area contributed by atoms with Crippen molar-refractivity contribution in [1.82, 2.24) is 9.97 Å². The maximum atomic E-state index is 11.2. The summed E-state index contributed by atoms with van der Waals surface area (Å²) in [6, 6.07) is 0. The number of carboxylic acids is 1. The van der Waals surface area contributed by atoms with E-state index in [-0.39, 0.29) is 5.56 Å². The molecule has 1 aliphatic heterocycles. The summed E-state index contributed by atoms with van der Waals surface area (Å²) in [6.07, 6.45) is 8.46. The Morgan fingerprint density at radius 3 is 2.47 bits per heavy atom. The molecule has 0 unspecified atom stereocenters. The Bertz CT molecular complexity index is 478. The van der Waals surface area contributed by atoms with E-state index in [9.17, 15) is 9.90 Å². The molecule has 0 amide bonds. The average Bonchev–Trinajstić information content (AvgIpc) is 3.25. The monoisotopic (exact) mass is 261 g/mol. The first kappa shape index (κ1) is 12.4. The van der Waals surface area contributed by atoms with Gasteiger partial charge in [-0.25, -0.2) is 14.8 Å². The molecule has 0 radical (unpaired) electrons. The fourth-order valence-corrected chi connectivity index (χ4v) is 2.64. The molecule has 1 N–H and O–H groups in total. The van der Waals surface area contributed by atoms with Crippen LogP contribution in [-0.2, 0) is 0 Å². The molecule has 0 spiro atoms. The molecule has 2 heterocycles. The smallest absolute Gasteiger partial charge is 0.339 e. The Morgan fingerprint density at radius 1 is 1.21 bits per heavy atom. The third-order valence-corrected chi connectivity index (χ3v) is 3.89. The van der Waals surface area contributed by atoms with E-state index < -0.39 is 5.97 Å². The summed E-state index contributed by atoms with van der Waals surface area (Å²) in [4.78, 5) is 22.2. The lowest BCUT2D eigenvalue weighted by molar-refractivity contribution is 0.0694. The molecular formula is C14H19N3O2. The van der Waals surface area contributed by atoms with Gasteiger partial charge in [0, 0.05) is 25.2 Å². The molecule has 3 rings (SSSR count). The Balaban J connectivity index is 1.89. The van der Waals surface area contributed by atoms with Crippen LogP contribution in [0.1, 0.15) is 60.5 Å². The summed E-state index contributed by atoms with van der Waals surface area (Å²) in [5.74, 6) is 0.137. The van der Waals surface area contributed by atoms with Crippen LogP contribution in [0.5, 0.6) is 0 Å². The maximum absolute atomic E-state index is 11.2. The molecule has 2 fully saturated rings. The average molecular weight is 261 g/mol. The quantitative estimate of drug-likeness (QED) is 0.905. The van der Waals surface area contributed by atoms with Gasteiger partial charge in [0.2, 0.25) is 5.95 Å². The lowest BCUT2D eigenvalue weighted by Crippen LogP contribution is -2.26. The number of aromatic nitrogens is 2. The highest BCUT2D eigenvalue weighted by atomic mass is 16.4. The van der Waals surface area contributed by atoms with Gasteiger partial charge in [-0.2, -0.15) is 0 Å². The van der Waals surface area contributed by atoms with Crippen LogP contribution in [0.25, 0.3) is 0 Å². The topological polar surface area (TPSA) is 66.3 Å². The molecular weight excluding hydrogens is 242 g/mol. The molecule has 1 aromatic heterocycles. The minimum atomic E-state index is -0.913. The third-order valence-electron chi connectivity index (χ3n) is 3.89. The predicted octanol–water partition coefficient (Wildman–Crippen LogP) is 2.43. The van der Waals surface area contributed by atoms with E-state index in [0.717, 1.165) is 31.6 Å². The second-order valence-electron chi connectivity index (χ2n) is 5.45. The molecule has 1 saturated carbocycles. The molecule has 0 atom stereocenters. The SMILES string of the molecule is O=C(O)c1cnc(N2CCCCCC2)nc1C1CC1. The Labute approximate surface area is 112 Å². The van der Waals surface area contributed by atoms with Gasteiger partial charge in [0.05, 0.1) is 11.3 Å². The molecule has 5 nitrogen and oxygen atoms in total. The number of nitrogens with zero attached hydrogens (tertiary/aromatic N) is 3. The van der Waals surface area contributed by atoms with Crippen LogP contribution in [0.2, 0.25) is 0 Å². The van der Waals surface area contributed by atoms with Gasteiger partial charge in [0.25, 0.3) is 0 Å². The van der Waals surface area contributed by atoms with Crippen molar-refractivity contribution in [3.63, 3.8) is 0 Å². The van der Waals surface area contributed by atoms with Crippen molar-refractivity contribution in [3.8, 4) is 0 Å².